The molecule has 272 valence electrons. The summed E-state index contributed by atoms with van der Waals surface area (Å²) >= 11 is 0. The lowest BCUT2D eigenvalue weighted by Gasteiger charge is -2.30. The van der Waals surface area contributed by atoms with Crippen molar-refractivity contribution in [2.45, 2.75) is 102 Å². The highest BCUT2D eigenvalue weighted by Gasteiger charge is 2.61. The van der Waals surface area contributed by atoms with Gasteiger partial charge in [-0.15, -0.1) is 0 Å². The zero-order chi connectivity index (χ0) is 36.5. The third kappa shape index (κ3) is 7.94. The minimum atomic E-state index is -1.45. The van der Waals surface area contributed by atoms with Crippen LogP contribution in [0.5, 0.6) is 11.5 Å². The predicted octanol–water partition coefficient (Wildman–Crippen LogP) is 4.46. The summed E-state index contributed by atoms with van der Waals surface area (Å²) in [5, 5.41) is 20.8. The fourth-order valence-corrected chi connectivity index (χ4v) is 6.82. The highest BCUT2D eigenvalue weighted by atomic mass is 16.6. The molecule has 1 aromatic carbocycles. The summed E-state index contributed by atoms with van der Waals surface area (Å²) in [6.07, 6.45) is 9.68. The molecule has 14 heteroatoms. The first-order chi connectivity index (χ1) is 24.3. The van der Waals surface area contributed by atoms with Crippen molar-refractivity contribution in [2.24, 2.45) is 5.92 Å². The third-order valence-electron chi connectivity index (χ3n) is 9.52. The number of carbonyl (C=O) groups is 4. The van der Waals surface area contributed by atoms with Gasteiger partial charge in [-0.2, -0.15) is 5.10 Å². The zero-order valence-corrected chi connectivity index (χ0v) is 29.7. The largest absolute Gasteiger partial charge is 0.497 e. The predicted molar refractivity (Wildman–Crippen MR) is 187 cm³/mol. The van der Waals surface area contributed by atoms with Crippen LogP contribution in [0.15, 0.2) is 48.8 Å². The number of rotatable bonds is 6. The van der Waals surface area contributed by atoms with Gasteiger partial charge in [0.1, 0.15) is 40.8 Å². The van der Waals surface area contributed by atoms with E-state index in [9.17, 15) is 24.3 Å². The van der Waals surface area contributed by atoms with Crippen molar-refractivity contribution in [2.75, 3.05) is 13.7 Å². The number of hydrogen-bond donors (Lipinski definition) is 3. The van der Waals surface area contributed by atoms with Crippen molar-refractivity contribution in [3.05, 3.63) is 54.4 Å². The topological polar surface area (TPSA) is 174 Å². The monoisotopic (exact) mass is 702 g/mol. The summed E-state index contributed by atoms with van der Waals surface area (Å²) in [4.78, 5) is 60.1. The van der Waals surface area contributed by atoms with Crippen molar-refractivity contribution in [3.63, 3.8) is 0 Å². The lowest BCUT2D eigenvalue weighted by Crippen LogP contribution is -2.56. The molecule has 0 spiro atoms. The Balaban J connectivity index is 1.34. The Kier molecular flexibility index (Phi) is 9.96. The molecule has 0 bridgehead atoms. The number of aryl methyl sites for hydroxylation is 1. The van der Waals surface area contributed by atoms with Crippen LogP contribution in [0.1, 0.15) is 71.3 Å². The maximum absolute atomic E-state index is 14.4. The zero-order valence-electron chi connectivity index (χ0n) is 29.7. The maximum atomic E-state index is 14.4. The third-order valence-corrected chi connectivity index (χ3v) is 9.52. The molecule has 2 fully saturated rings. The number of nitrogens with one attached hydrogen (secondary N) is 2. The molecule has 51 heavy (non-hydrogen) atoms. The van der Waals surface area contributed by atoms with E-state index in [1.54, 1.807) is 57.0 Å². The molecule has 0 radical (unpaired) electrons. The van der Waals surface area contributed by atoms with Crippen LogP contribution in [-0.2, 0) is 19.1 Å². The highest BCUT2D eigenvalue weighted by Crippen LogP contribution is 2.45. The SMILES string of the molecule is COc1ccc2c(O[C@@H]3CC4C(=O)NC5(C(=O)O)CC5/C=C\CCCCCC(NC(=O)OC(C)(C)C)C(=O)N4C3)cc(-n3cc(C)cn3)nc2c1. The number of hydrogen-bond acceptors (Lipinski definition) is 9. The molecule has 3 aromatic rings. The van der Waals surface area contributed by atoms with Gasteiger partial charge in [0, 0.05) is 36.1 Å². The standard InChI is InChI=1S/C37H46N6O8/c1-22-19-38-43(20-22)31-17-30(26-14-13-24(49-5)15-28(26)39-31)50-25-16-29-32(44)41-37(34(46)47)18-23(37)11-9-7-6-8-10-12-27(33(45)42(29)21-25)40-35(48)51-36(2,3)4/h9,11,13-15,17,19-20,23,25,27,29H,6-8,10,12,16,18,21H2,1-5H3,(H,40,48)(H,41,44)(H,46,47)/b11-9-/t23?,25-,27?,29?,37?/m1/s1. The Labute approximate surface area is 296 Å². The van der Waals surface area contributed by atoms with Gasteiger partial charge >= 0.3 is 12.1 Å². The molecule has 6 rings (SSSR count). The Morgan fingerprint density at radius 1 is 1.14 bits per heavy atom. The molecular weight excluding hydrogens is 656 g/mol. The van der Waals surface area contributed by atoms with Gasteiger partial charge in [-0.3, -0.25) is 9.59 Å². The first-order valence-corrected chi connectivity index (χ1v) is 17.5. The van der Waals surface area contributed by atoms with Crippen LogP contribution in [0.2, 0.25) is 0 Å². The van der Waals surface area contributed by atoms with Crippen molar-refractivity contribution in [3.8, 4) is 17.3 Å². The summed E-state index contributed by atoms with van der Waals surface area (Å²) in [6, 6.07) is 5.14. The number of allylic oxidation sites excluding steroid dienone is 1. The van der Waals surface area contributed by atoms with E-state index in [2.05, 4.69) is 15.7 Å². The number of carboxylic acids is 1. The van der Waals surface area contributed by atoms with E-state index >= 15 is 0 Å². The van der Waals surface area contributed by atoms with E-state index in [4.69, 9.17) is 19.2 Å². The van der Waals surface area contributed by atoms with Crippen LogP contribution in [0.25, 0.3) is 16.7 Å². The molecule has 14 nitrogen and oxygen atoms in total. The number of ether oxygens (including phenoxy) is 3. The number of pyridine rings is 1. The average molecular weight is 703 g/mol. The second kappa shape index (κ2) is 14.2. The summed E-state index contributed by atoms with van der Waals surface area (Å²) in [7, 11) is 1.57. The highest BCUT2D eigenvalue weighted by molar-refractivity contribution is 5.96. The number of alkyl carbamates (subject to hydrolysis) is 1. The van der Waals surface area contributed by atoms with Crippen LogP contribution < -0.4 is 20.1 Å². The summed E-state index contributed by atoms with van der Waals surface area (Å²) in [5.41, 5.74) is -0.704. The van der Waals surface area contributed by atoms with Crippen molar-refractivity contribution in [1.82, 2.24) is 30.3 Å². The first-order valence-electron chi connectivity index (χ1n) is 17.5. The van der Waals surface area contributed by atoms with E-state index in [1.807, 2.05) is 31.3 Å². The molecule has 2 aliphatic heterocycles. The molecule has 1 aliphatic carbocycles. The van der Waals surface area contributed by atoms with E-state index in [0.29, 0.717) is 41.1 Å². The van der Waals surface area contributed by atoms with Gasteiger partial charge in [0.25, 0.3) is 0 Å². The molecule has 4 heterocycles. The van der Waals surface area contributed by atoms with Crippen LogP contribution in [-0.4, -0.2) is 91.6 Å². The summed E-state index contributed by atoms with van der Waals surface area (Å²) < 4.78 is 19.2. The van der Waals surface area contributed by atoms with Crippen LogP contribution in [0.3, 0.4) is 0 Å². The number of aromatic nitrogens is 3. The summed E-state index contributed by atoms with van der Waals surface area (Å²) in [5.74, 6) is -0.962. The summed E-state index contributed by atoms with van der Waals surface area (Å²) in [6.45, 7) is 7.15. The lowest BCUT2D eigenvalue weighted by atomic mass is 10.0. The van der Waals surface area contributed by atoms with Crippen molar-refractivity contribution in [1.29, 1.82) is 0 Å². The normalized spacial score (nSPS) is 26.2. The second-order valence-electron chi connectivity index (χ2n) is 14.6. The Morgan fingerprint density at radius 2 is 1.94 bits per heavy atom. The number of aliphatic carboxylic acids is 1. The van der Waals surface area contributed by atoms with Crippen LogP contribution in [0.4, 0.5) is 4.79 Å². The minimum Gasteiger partial charge on any atom is -0.497 e. The van der Waals surface area contributed by atoms with Crippen molar-refractivity contribution < 1.29 is 38.5 Å². The number of amides is 3. The second-order valence-corrected chi connectivity index (χ2v) is 14.6. The number of benzene rings is 1. The number of carbonyl (C=O) groups excluding carboxylic acids is 3. The van der Waals surface area contributed by atoms with E-state index < -0.39 is 53.2 Å². The molecule has 4 unspecified atom stereocenters. The fraction of sp³-hybridized carbons (Fsp3) is 0.514. The molecule has 1 saturated heterocycles. The van der Waals surface area contributed by atoms with Gasteiger partial charge in [-0.05, 0) is 71.1 Å². The minimum absolute atomic E-state index is 0.0169. The molecule has 3 N–H and O–H groups in total. The van der Waals surface area contributed by atoms with E-state index in [-0.39, 0.29) is 25.3 Å². The van der Waals surface area contributed by atoms with Gasteiger partial charge in [-0.1, -0.05) is 25.0 Å². The first kappa shape index (κ1) is 35.7. The van der Waals surface area contributed by atoms with Gasteiger partial charge in [0.15, 0.2) is 5.82 Å². The van der Waals surface area contributed by atoms with Gasteiger partial charge in [-0.25, -0.2) is 19.3 Å². The fourth-order valence-electron chi connectivity index (χ4n) is 6.82. The van der Waals surface area contributed by atoms with E-state index in [1.165, 1.54) is 4.90 Å². The van der Waals surface area contributed by atoms with Gasteiger partial charge < -0.3 is 34.9 Å². The van der Waals surface area contributed by atoms with Crippen LogP contribution in [0, 0.1) is 12.8 Å². The van der Waals surface area contributed by atoms with Crippen molar-refractivity contribution >= 4 is 34.8 Å². The lowest BCUT2D eigenvalue weighted by molar-refractivity contribution is -0.145. The number of carboxylic acid groups (broad SMARTS) is 1. The smallest absolute Gasteiger partial charge is 0.408 e. The molecule has 2 aromatic heterocycles. The van der Waals surface area contributed by atoms with Crippen LogP contribution >= 0.6 is 0 Å². The number of fused-ring (bicyclic) bond motifs is 3. The van der Waals surface area contributed by atoms with Gasteiger partial charge in [0.2, 0.25) is 11.8 Å². The quantitative estimate of drug-likeness (QED) is 0.311. The number of nitrogens with zero attached hydrogens (tertiary/aromatic N) is 4. The Bertz CT molecular complexity index is 1850. The molecular formula is C37H46N6O8. The molecule has 1 saturated carbocycles. The Morgan fingerprint density at radius 3 is 2.65 bits per heavy atom. The molecule has 3 amide bonds. The average Bonchev–Trinajstić information content (AvgIpc) is 3.34. The van der Waals surface area contributed by atoms with Gasteiger partial charge in [0.05, 0.1) is 25.4 Å². The molecule has 5 atom stereocenters. The number of methoxy groups -OCH3 is 1. The van der Waals surface area contributed by atoms with E-state index in [0.717, 1.165) is 24.8 Å². The molecule has 3 aliphatic rings. The maximum Gasteiger partial charge on any atom is 0.408 e. The Hall–Kier alpha value is -5.14.